The molecule has 0 spiro atoms. The molecule has 0 amide bonds. The van der Waals surface area contributed by atoms with Crippen molar-refractivity contribution in [3.8, 4) is 11.1 Å². The Morgan fingerprint density at radius 1 is 0.605 bits per heavy atom. The average Bonchev–Trinajstić information content (AvgIpc) is 2.97. The second kappa shape index (κ2) is 8.53. The number of hydrogen-bond donors (Lipinski definition) is 0. The van der Waals surface area contributed by atoms with Gasteiger partial charge in [0.2, 0.25) is 6.71 Å². The van der Waals surface area contributed by atoms with Crippen LogP contribution in [0.5, 0.6) is 0 Å². The van der Waals surface area contributed by atoms with Crippen molar-refractivity contribution < 1.29 is 0 Å². The van der Waals surface area contributed by atoms with Gasteiger partial charge in [0.25, 0.3) is 0 Å². The highest BCUT2D eigenvalue weighted by molar-refractivity contribution is 6.99. The molecule has 0 unspecified atom stereocenters. The van der Waals surface area contributed by atoms with Crippen molar-refractivity contribution in [1.29, 1.82) is 0 Å². The molecule has 0 N–H and O–H groups in total. The third kappa shape index (κ3) is 3.47. The zero-order valence-corrected chi connectivity index (χ0v) is 26.0. The molecule has 0 saturated carbocycles. The molecule has 2 heterocycles. The van der Waals surface area contributed by atoms with Crippen molar-refractivity contribution >= 4 is 40.2 Å². The molecular formula is C41H38BN. The van der Waals surface area contributed by atoms with Crippen LogP contribution in [0.3, 0.4) is 0 Å². The van der Waals surface area contributed by atoms with Gasteiger partial charge in [0.15, 0.2) is 0 Å². The van der Waals surface area contributed by atoms with Gasteiger partial charge in [-0.05, 0) is 111 Å². The van der Waals surface area contributed by atoms with Gasteiger partial charge in [-0.15, -0.1) is 0 Å². The highest BCUT2D eigenvalue weighted by atomic mass is 15.2. The number of aryl methyl sites for hydroxylation is 4. The number of nitrogens with zero attached hydrogens (tertiary/aromatic N) is 1. The van der Waals surface area contributed by atoms with Gasteiger partial charge in [0.05, 0.1) is 5.69 Å². The van der Waals surface area contributed by atoms with Crippen molar-refractivity contribution in [2.45, 2.75) is 71.1 Å². The normalized spacial score (nSPS) is 16.7. The third-order valence-electron chi connectivity index (χ3n) is 11.1. The number of hydrogen-bond acceptors (Lipinski definition) is 1. The maximum Gasteiger partial charge on any atom is 0.247 e. The Bertz CT molecular complexity index is 1990. The third-order valence-corrected chi connectivity index (χ3v) is 11.1. The molecule has 0 aromatic heterocycles. The maximum atomic E-state index is 2.65. The molecule has 9 rings (SSSR count). The van der Waals surface area contributed by atoms with E-state index < -0.39 is 0 Å². The summed E-state index contributed by atoms with van der Waals surface area (Å²) < 4.78 is 0. The van der Waals surface area contributed by atoms with Crippen LogP contribution in [0, 0.1) is 0 Å². The molecule has 0 bridgehead atoms. The van der Waals surface area contributed by atoms with Crippen LogP contribution in [-0.2, 0) is 36.5 Å². The van der Waals surface area contributed by atoms with E-state index in [0.717, 1.165) is 0 Å². The van der Waals surface area contributed by atoms with Crippen molar-refractivity contribution in [3.05, 3.63) is 130 Å². The van der Waals surface area contributed by atoms with E-state index in [4.69, 9.17) is 0 Å². The van der Waals surface area contributed by atoms with E-state index in [-0.39, 0.29) is 17.5 Å². The highest BCUT2D eigenvalue weighted by Gasteiger charge is 2.47. The van der Waals surface area contributed by atoms with Crippen molar-refractivity contribution in [2.75, 3.05) is 4.90 Å². The van der Waals surface area contributed by atoms with E-state index in [1.54, 1.807) is 5.56 Å². The summed E-state index contributed by atoms with van der Waals surface area (Å²) in [7, 11) is 0. The van der Waals surface area contributed by atoms with Crippen LogP contribution in [0.1, 0.15) is 73.6 Å². The quantitative estimate of drug-likeness (QED) is 0.197. The lowest BCUT2D eigenvalue weighted by Crippen LogP contribution is -2.64. The van der Waals surface area contributed by atoms with Crippen LogP contribution < -0.4 is 21.3 Å². The summed E-state index contributed by atoms with van der Waals surface area (Å²) in [6.45, 7) is 12.1. The fraction of sp³-hybridized carbons (Fsp3) is 0.268. The molecule has 43 heavy (non-hydrogen) atoms. The molecule has 5 aromatic carbocycles. The first-order valence-corrected chi connectivity index (χ1v) is 16.2. The van der Waals surface area contributed by atoms with Crippen LogP contribution in [0.25, 0.3) is 11.1 Å². The molecule has 2 aliphatic heterocycles. The first kappa shape index (κ1) is 25.5. The van der Waals surface area contributed by atoms with Gasteiger partial charge in [0, 0.05) is 22.4 Å². The van der Waals surface area contributed by atoms with Gasteiger partial charge in [-0.25, -0.2) is 0 Å². The van der Waals surface area contributed by atoms with Gasteiger partial charge in [-0.3, -0.25) is 0 Å². The molecule has 5 aromatic rings. The van der Waals surface area contributed by atoms with Gasteiger partial charge in [-0.1, -0.05) is 107 Å². The minimum atomic E-state index is -0.0840. The van der Waals surface area contributed by atoms with Gasteiger partial charge in [0.1, 0.15) is 0 Å². The monoisotopic (exact) mass is 555 g/mol. The first-order valence-electron chi connectivity index (χ1n) is 16.2. The summed E-state index contributed by atoms with van der Waals surface area (Å²) in [5, 5.41) is 0. The van der Waals surface area contributed by atoms with E-state index in [1.807, 2.05) is 0 Å². The van der Waals surface area contributed by atoms with Crippen LogP contribution in [-0.4, -0.2) is 6.71 Å². The summed E-state index contributed by atoms with van der Waals surface area (Å²) in [4.78, 5) is 2.65. The Labute approximate surface area is 256 Å². The lowest BCUT2D eigenvalue weighted by molar-refractivity contribution is 0.588. The molecular weight excluding hydrogens is 517 g/mol. The largest absolute Gasteiger partial charge is 0.311 e. The van der Waals surface area contributed by atoms with Gasteiger partial charge >= 0.3 is 0 Å². The smallest absolute Gasteiger partial charge is 0.247 e. The highest BCUT2D eigenvalue weighted by Crippen LogP contribution is 2.48. The number of rotatable bonds is 2. The lowest BCUT2D eigenvalue weighted by atomic mass is 9.30. The standard InChI is InChI=1S/C41H38BN/c1-40(2,3)30-18-19-32-34(24-30)42-35-21-27-15-17-29(27)23-38(35)43(36-13-9-12-33(39(36)42)41(32,4)5)37-22-28-16-14-26(28)20-31(37)25-10-7-6-8-11-25/h6-13,18-24H,14-17H2,1-5H3. The number of benzene rings is 5. The fourth-order valence-corrected chi connectivity index (χ4v) is 8.39. The van der Waals surface area contributed by atoms with Gasteiger partial charge in [-0.2, -0.15) is 0 Å². The van der Waals surface area contributed by atoms with Crippen LogP contribution in [0.15, 0.2) is 91.0 Å². The summed E-state index contributed by atoms with van der Waals surface area (Å²) >= 11 is 0. The van der Waals surface area contributed by atoms with Crippen LogP contribution >= 0.6 is 0 Å². The molecule has 0 fully saturated rings. The Kier molecular flexibility index (Phi) is 5.05. The zero-order valence-electron chi connectivity index (χ0n) is 26.0. The maximum absolute atomic E-state index is 2.65. The van der Waals surface area contributed by atoms with E-state index in [0.29, 0.717) is 0 Å². The van der Waals surface area contributed by atoms with E-state index >= 15 is 0 Å². The van der Waals surface area contributed by atoms with Gasteiger partial charge < -0.3 is 4.90 Å². The van der Waals surface area contributed by atoms with Crippen molar-refractivity contribution in [2.24, 2.45) is 0 Å². The Hall–Kier alpha value is -4.04. The Morgan fingerprint density at radius 3 is 1.98 bits per heavy atom. The fourth-order valence-electron chi connectivity index (χ4n) is 8.39. The average molecular weight is 556 g/mol. The number of anilines is 3. The molecule has 2 heteroatoms. The van der Waals surface area contributed by atoms with Crippen LogP contribution in [0.4, 0.5) is 17.1 Å². The first-order chi connectivity index (χ1) is 20.7. The molecule has 0 radical (unpaired) electrons. The molecule has 4 aliphatic rings. The summed E-state index contributed by atoms with van der Waals surface area (Å²) in [5.74, 6) is 0. The molecule has 0 atom stereocenters. The predicted molar refractivity (Wildman–Crippen MR) is 183 cm³/mol. The lowest BCUT2D eigenvalue weighted by Gasteiger charge is -2.47. The van der Waals surface area contributed by atoms with E-state index in [1.165, 1.54) is 104 Å². The Balaban J connectivity index is 1.38. The topological polar surface area (TPSA) is 3.24 Å². The molecule has 0 saturated heterocycles. The predicted octanol–water partition coefficient (Wildman–Crippen LogP) is 7.79. The minimum Gasteiger partial charge on any atom is -0.311 e. The summed E-state index contributed by atoms with van der Waals surface area (Å²) in [6.07, 6.45) is 4.73. The molecule has 2 aliphatic carbocycles. The van der Waals surface area contributed by atoms with E-state index in [9.17, 15) is 0 Å². The number of fused-ring (bicyclic) bond motifs is 6. The zero-order chi connectivity index (χ0) is 29.2. The van der Waals surface area contributed by atoms with Crippen molar-refractivity contribution in [1.82, 2.24) is 0 Å². The minimum absolute atomic E-state index is 0.0840. The molecule has 1 nitrogen and oxygen atoms in total. The van der Waals surface area contributed by atoms with Crippen LogP contribution in [0.2, 0.25) is 0 Å². The molecule has 210 valence electrons. The van der Waals surface area contributed by atoms with E-state index in [2.05, 4.69) is 131 Å². The summed E-state index contributed by atoms with van der Waals surface area (Å²) in [6, 6.07) is 35.7. The SMILES string of the molecule is CC(C)(C)c1ccc2c(c1)B1c3cc4c(cc3N(c3cc5c(cc3-c3ccccc3)CC5)c3cccc(c31)C2(C)C)CC4. The second-order valence-electron chi connectivity index (χ2n) is 14.9. The summed E-state index contributed by atoms with van der Waals surface area (Å²) in [5.41, 5.74) is 21.6. The van der Waals surface area contributed by atoms with Crippen molar-refractivity contribution in [3.63, 3.8) is 0 Å². The second-order valence-corrected chi connectivity index (χ2v) is 14.9. The Morgan fingerprint density at radius 2 is 1.28 bits per heavy atom.